The number of fused-ring (bicyclic) bond motifs is 1. The fourth-order valence-electron chi connectivity index (χ4n) is 5.44. The van der Waals surface area contributed by atoms with Crippen LogP contribution in [0.4, 0.5) is 0 Å². The summed E-state index contributed by atoms with van der Waals surface area (Å²) in [5.41, 5.74) is 2.73. The summed E-state index contributed by atoms with van der Waals surface area (Å²) in [6.07, 6.45) is 9.32. The summed E-state index contributed by atoms with van der Waals surface area (Å²) in [6, 6.07) is 11.4. The molecule has 1 aromatic carbocycles. The molecule has 2 aliphatic rings. The van der Waals surface area contributed by atoms with Crippen LogP contribution in [-0.2, 0) is 16.3 Å². The maximum Gasteiger partial charge on any atom is 0.181 e. The Kier molecular flexibility index (Phi) is 5.78. The van der Waals surface area contributed by atoms with Crippen molar-refractivity contribution in [3.05, 3.63) is 52.9 Å². The number of H-pyrrole nitrogens is 1. The summed E-state index contributed by atoms with van der Waals surface area (Å²) in [5, 5.41) is 0.232. The van der Waals surface area contributed by atoms with Gasteiger partial charge in [-0.25, -0.2) is 18.4 Å². The minimum absolute atomic E-state index is 0.209. The van der Waals surface area contributed by atoms with Gasteiger partial charge in [0.05, 0.1) is 15.7 Å². The van der Waals surface area contributed by atoms with E-state index >= 15 is 0 Å². The van der Waals surface area contributed by atoms with Gasteiger partial charge in [0.1, 0.15) is 11.0 Å². The van der Waals surface area contributed by atoms with Crippen molar-refractivity contribution in [2.75, 3.05) is 0 Å². The molecule has 2 heterocycles. The Balaban J connectivity index is 1.43. The Morgan fingerprint density at radius 1 is 0.935 bits per heavy atom. The number of rotatable bonds is 6. The van der Waals surface area contributed by atoms with E-state index in [1.165, 1.54) is 31.2 Å². The summed E-state index contributed by atoms with van der Waals surface area (Å²) in [5.74, 6) is 1.80. The van der Waals surface area contributed by atoms with Gasteiger partial charge in [-0.3, -0.25) is 0 Å². The van der Waals surface area contributed by atoms with Crippen molar-refractivity contribution in [3.63, 3.8) is 0 Å². The molecule has 5 nitrogen and oxygen atoms in total. The summed E-state index contributed by atoms with van der Waals surface area (Å²) in [6.45, 7) is 0. The Labute approximate surface area is 188 Å². The van der Waals surface area contributed by atoms with Gasteiger partial charge in [0.25, 0.3) is 0 Å². The van der Waals surface area contributed by atoms with E-state index in [1.54, 1.807) is 6.07 Å². The second-order valence-electron chi connectivity index (χ2n) is 9.06. The standard InChI is InChI=1S/C24H28ClN3O2S/c25-22-14-13-21-24(27-22)28-23(26-21)15-20(16-5-1-2-6-16)17-9-11-19(12-10-17)31(29,30)18-7-3-4-8-18/h9-14,16,18,20H,1-8,15H2,(H,26,27,28). The largest absolute Gasteiger partial charge is 0.341 e. The Morgan fingerprint density at radius 2 is 1.61 bits per heavy atom. The number of imidazole rings is 1. The molecule has 1 N–H and O–H groups in total. The van der Waals surface area contributed by atoms with Gasteiger partial charge >= 0.3 is 0 Å². The monoisotopic (exact) mass is 457 g/mol. The molecular weight excluding hydrogens is 430 g/mol. The number of aromatic amines is 1. The minimum atomic E-state index is -3.22. The Hall–Kier alpha value is -1.92. The zero-order chi connectivity index (χ0) is 21.4. The molecule has 164 valence electrons. The molecule has 0 bridgehead atoms. The van der Waals surface area contributed by atoms with E-state index < -0.39 is 9.84 Å². The smallest absolute Gasteiger partial charge is 0.181 e. The lowest BCUT2D eigenvalue weighted by molar-refractivity contribution is 0.426. The molecule has 0 amide bonds. The topological polar surface area (TPSA) is 75.7 Å². The number of sulfone groups is 1. The molecule has 0 aliphatic heterocycles. The van der Waals surface area contributed by atoms with Gasteiger partial charge in [0, 0.05) is 6.42 Å². The molecule has 0 spiro atoms. The first kappa shape index (κ1) is 21.0. The molecule has 0 radical (unpaired) electrons. The summed E-state index contributed by atoms with van der Waals surface area (Å²) in [4.78, 5) is 12.8. The zero-order valence-corrected chi connectivity index (χ0v) is 19.1. The number of aromatic nitrogens is 3. The van der Waals surface area contributed by atoms with Crippen LogP contribution in [-0.4, -0.2) is 28.6 Å². The fourth-order valence-corrected chi connectivity index (χ4v) is 7.43. The molecule has 2 aromatic heterocycles. The first-order valence-corrected chi connectivity index (χ1v) is 13.3. The SMILES string of the molecule is O=S(=O)(c1ccc(C(Cc2nc3nc(Cl)ccc3[nH]2)C2CCCC2)cc1)C1CCCC1. The van der Waals surface area contributed by atoms with E-state index in [1.807, 2.05) is 30.3 Å². The van der Waals surface area contributed by atoms with Crippen molar-refractivity contribution in [1.82, 2.24) is 15.0 Å². The van der Waals surface area contributed by atoms with E-state index in [-0.39, 0.29) is 5.25 Å². The van der Waals surface area contributed by atoms with Crippen molar-refractivity contribution >= 4 is 32.6 Å². The predicted molar refractivity (Wildman–Crippen MR) is 123 cm³/mol. The van der Waals surface area contributed by atoms with Crippen molar-refractivity contribution in [3.8, 4) is 0 Å². The molecule has 0 saturated heterocycles. The number of pyridine rings is 1. The van der Waals surface area contributed by atoms with E-state index in [0.29, 0.717) is 27.5 Å². The molecule has 3 aromatic rings. The first-order chi connectivity index (χ1) is 15.0. The van der Waals surface area contributed by atoms with E-state index in [9.17, 15) is 8.42 Å². The van der Waals surface area contributed by atoms with Gasteiger partial charge in [-0.05, 0) is 67.3 Å². The second-order valence-corrected chi connectivity index (χ2v) is 11.7. The number of hydrogen-bond donors (Lipinski definition) is 1. The van der Waals surface area contributed by atoms with Crippen LogP contribution in [0.5, 0.6) is 0 Å². The fraction of sp³-hybridized carbons (Fsp3) is 0.500. The van der Waals surface area contributed by atoms with Crippen LogP contribution in [0.25, 0.3) is 11.2 Å². The maximum atomic E-state index is 13.0. The van der Waals surface area contributed by atoms with Gasteiger partial charge in [0.15, 0.2) is 15.5 Å². The zero-order valence-electron chi connectivity index (χ0n) is 17.6. The number of nitrogens with zero attached hydrogens (tertiary/aromatic N) is 2. The molecular formula is C24H28ClN3O2S. The van der Waals surface area contributed by atoms with Crippen LogP contribution in [0.3, 0.4) is 0 Å². The number of hydrogen-bond acceptors (Lipinski definition) is 4. The highest BCUT2D eigenvalue weighted by atomic mass is 35.5. The molecule has 2 saturated carbocycles. The van der Waals surface area contributed by atoms with Crippen LogP contribution in [0.15, 0.2) is 41.3 Å². The van der Waals surface area contributed by atoms with E-state index in [2.05, 4.69) is 15.0 Å². The average Bonchev–Trinajstić information content (AvgIpc) is 3.53. The van der Waals surface area contributed by atoms with Crippen molar-refractivity contribution in [2.45, 2.75) is 73.9 Å². The van der Waals surface area contributed by atoms with Crippen LogP contribution in [0.2, 0.25) is 5.15 Å². The summed E-state index contributed by atoms with van der Waals surface area (Å²) < 4.78 is 25.9. The normalized spacial score (nSPS) is 19.4. The molecule has 5 rings (SSSR count). The molecule has 31 heavy (non-hydrogen) atoms. The van der Waals surface area contributed by atoms with E-state index in [4.69, 9.17) is 11.6 Å². The predicted octanol–water partition coefficient (Wildman–Crippen LogP) is 5.84. The van der Waals surface area contributed by atoms with Gasteiger partial charge < -0.3 is 4.98 Å². The summed E-state index contributed by atoms with van der Waals surface area (Å²) >= 11 is 6.02. The van der Waals surface area contributed by atoms with Crippen LogP contribution < -0.4 is 0 Å². The van der Waals surface area contributed by atoms with Crippen molar-refractivity contribution < 1.29 is 8.42 Å². The van der Waals surface area contributed by atoms with Crippen molar-refractivity contribution in [1.29, 1.82) is 0 Å². The molecule has 7 heteroatoms. The first-order valence-electron chi connectivity index (χ1n) is 11.4. The number of halogens is 1. The Bertz CT molecular complexity index is 1160. The molecule has 1 unspecified atom stereocenters. The third-order valence-electron chi connectivity index (χ3n) is 7.12. The molecule has 1 atom stereocenters. The van der Waals surface area contributed by atoms with Crippen LogP contribution >= 0.6 is 11.6 Å². The lowest BCUT2D eigenvalue weighted by Gasteiger charge is -2.23. The van der Waals surface area contributed by atoms with Crippen LogP contribution in [0.1, 0.15) is 68.7 Å². The number of benzene rings is 1. The average molecular weight is 458 g/mol. The van der Waals surface area contributed by atoms with Gasteiger partial charge in [0.2, 0.25) is 0 Å². The quantitative estimate of drug-likeness (QED) is 0.471. The third-order valence-corrected chi connectivity index (χ3v) is 9.61. The lowest BCUT2D eigenvalue weighted by atomic mass is 9.82. The van der Waals surface area contributed by atoms with Gasteiger partial charge in [-0.15, -0.1) is 0 Å². The van der Waals surface area contributed by atoms with Crippen molar-refractivity contribution in [2.24, 2.45) is 5.92 Å². The Morgan fingerprint density at radius 3 is 2.32 bits per heavy atom. The molecule has 2 aliphatic carbocycles. The maximum absolute atomic E-state index is 13.0. The van der Waals surface area contributed by atoms with Gasteiger partial charge in [-0.1, -0.05) is 49.4 Å². The lowest BCUT2D eigenvalue weighted by Crippen LogP contribution is -2.18. The third kappa shape index (κ3) is 4.24. The van der Waals surface area contributed by atoms with E-state index in [0.717, 1.165) is 43.4 Å². The second kappa shape index (κ2) is 8.55. The highest BCUT2D eigenvalue weighted by molar-refractivity contribution is 7.92. The highest BCUT2D eigenvalue weighted by Crippen LogP contribution is 2.40. The summed E-state index contributed by atoms with van der Waals surface area (Å²) in [7, 11) is -3.22. The molecule has 2 fully saturated rings. The van der Waals surface area contributed by atoms with Gasteiger partial charge in [-0.2, -0.15) is 0 Å². The minimum Gasteiger partial charge on any atom is -0.341 e. The van der Waals surface area contributed by atoms with Crippen LogP contribution in [0, 0.1) is 5.92 Å². The number of nitrogens with one attached hydrogen (secondary N) is 1. The highest BCUT2D eigenvalue weighted by Gasteiger charge is 2.31.